The molecule has 3 aromatic rings. The number of esters is 1. The predicted octanol–water partition coefficient (Wildman–Crippen LogP) is 4.72. The van der Waals surface area contributed by atoms with Gasteiger partial charge in [-0.15, -0.1) is 0 Å². The topological polar surface area (TPSA) is 139 Å². The first-order valence-electron chi connectivity index (χ1n) is 11.1. The summed E-state index contributed by atoms with van der Waals surface area (Å²) >= 11 is 12.7. The molecular weight excluding hydrogens is 551 g/mol. The number of barbiturate groups is 1. The molecule has 3 aromatic carbocycles. The van der Waals surface area contributed by atoms with Crippen LogP contribution >= 0.6 is 23.2 Å². The lowest BCUT2D eigenvalue weighted by Crippen LogP contribution is -2.54. The first-order chi connectivity index (χ1) is 18.6. The van der Waals surface area contributed by atoms with Gasteiger partial charge in [-0.3, -0.25) is 14.9 Å². The van der Waals surface area contributed by atoms with Crippen molar-refractivity contribution in [3.63, 3.8) is 0 Å². The zero-order valence-corrected chi connectivity index (χ0v) is 21.6. The van der Waals surface area contributed by atoms with Crippen molar-refractivity contribution in [2.75, 3.05) is 12.0 Å². The molecule has 1 heterocycles. The van der Waals surface area contributed by atoms with Crippen molar-refractivity contribution in [2.24, 2.45) is 0 Å². The van der Waals surface area contributed by atoms with Crippen molar-refractivity contribution in [2.45, 2.75) is 6.61 Å². The summed E-state index contributed by atoms with van der Waals surface area (Å²) in [6.07, 6.45) is 1.23. The number of aromatic carboxylic acids is 1. The van der Waals surface area contributed by atoms with Crippen LogP contribution in [0.3, 0.4) is 0 Å². The van der Waals surface area contributed by atoms with Gasteiger partial charge in [-0.2, -0.15) is 0 Å². The van der Waals surface area contributed by atoms with Gasteiger partial charge < -0.3 is 14.6 Å². The zero-order valence-electron chi connectivity index (χ0n) is 20.1. The quantitative estimate of drug-likeness (QED) is 0.237. The van der Waals surface area contributed by atoms with Crippen LogP contribution in [-0.2, 0) is 20.9 Å². The largest absolute Gasteiger partial charge is 0.486 e. The summed E-state index contributed by atoms with van der Waals surface area (Å²) in [6, 6.07) is 13.4. The van der Waals surface area contributed by atoms with E-state index in [1.165, 1.54) is 61.7 Å². The summed E-state index contributed by atoms with van der Waals surface area (Å²) in [5, 5.41) is 11.3. The molecule has 0 radical (unpaired) electrons. The molecule has 2 N–H and O–H groups in total. The van der Waals surface area contributed by atoms with Crippen molar-refractivity contribution in [1.82, 2.24) is 5.32 Å². The zero-order chi connectivity index (χ0) is 28.3. The Morgan fingerprint density at radius 1 is 0.949 bits per heavy atom. The first kappa shape index (κ1) is 27.4. The van der Waals surface area contributed by atoms with E-state index in [1.807, 2.05) is 0 Å². The van der Waals surface area contributed by atoms with E-state index in [2.05, 4.69) is 10.1 Å². The third-order valence-electron chi connectivity index (χ3n) is 5.56. The number of anilines is 1. The number of nitrogens with one attached hydrogen (secondary N) is 1. The minimum atomic E-state index is -1.05. The van der Waals surface area contributed by atoms with Crippen LogP contribution in [0.15, 0.2) is 66.2 Å². The van der Waals surface area contributed by atoms with E-state index in [1.54, 1.807) is 12.1 Å². The average molecular weight is 569 g/mol. The van der Waals surface area contributed by atoms with Gasteiger partial charge in [0.1, 0.15) is 12.2 Å². The van der Waals surface area contributed by atoms with Gasteiger partial charge in [-0.05, 0) is 65.7 Å². The highest BCUT2D eigenvalue weighted by molar-refractivity contribution is 6.40. The number of benzene rings is 3. The fourth-order valence-electron chi connectivity index (χ4n) is 3.62. The summed E-state index contributed by atoms with van der Waals surface area (Å²) in [7, 11) is 1.22. The summed E-state index contributed by atoms with van der Waals surface area (Å²) in [6.45, 7) is 0.0481. The number of nitrogens with zero attached hydrogens (tertiary/aromatic N) is 1. The molecule has 198 valence electrons. The minimum absolute atomic E-state index is 0.0481. The molecule has 0 spiro atoms. The Balaban J connectivity index is 1.56. The van der Waals surface area contributed by atoms with Crippen LogP contribution in [0.25, 0.3) is 6.08 Å². The van der Waals surface area contributed by atoms with Crippen LogP contribution < -0.4 is 15.0 Å². The average Bonchev–Trinajstić information content (AvgIpc) is 2.90. The number of rotatable bonds is 7. The van der Waals surface area contributed by atoms with E-state index in [-0.39, 0.29) is 50.4 Å². The standard InChI is InChI=1S/C27H18Cl2N2O8/c1-38-26(36)17-6-8-18(9-7-17)31-24(33)19(23(32)30-27(31)37)10-15-11-20(28)22(21(29)12-15)39-13-14-2-4-16(5-3-14)25(34)35/h2-12H,13H2,1H3,(H,34,35)(H,30,32,37)/b19-10+. The Labute approximate surface area is 231 Å². The number of imide groups is 2. The molecule has 0 unspecified atom stereocenters. The number of carbonyl (C=O) groups excluding carboxylic acids is 4. The van der Waals surface area contributed by atoms with E-state index in [9.17, 15) is 24.0 Å². The lowest BCUT2D eigenvalue weighted by atomic mass is 10.1. The van der Waals surface area contributed by atoms with Crippen LogP contribution in [0, 0.1) is 0 Å². The Hall–Kier alpha value is -4.67. The van der Waals surface area contributed by atoms with E-state index in [0.717, 1.165) is 4.90 Å². The monoisotopic (exact) mass is 568 g/mol. The number of methoxy groups -OCH3 is 1. The van der Waals surface area contributed by atoms with Crippen molar-refractivity contribution >= 4 is 64.7 Å². The Morgan fingerprint density at radius 3 is 2.10 bits per heavy atom. The normalized spacial score (nSPS) is 14.3. The lowest BCUT2D eigenvalue weighted by molar-refractivity contribution is -0.122. The van der Waals surface area contributed by atoms with Gasteiger partial charge in [0.15, 0.2) is 5.75 Å². The number of halogens is 2. The maximum Gasteiger partial charge on any atom is 0.337 e. The molecule has 0 saturated carbocycles. The summed E-state index contributed by atoms with van der Waals surface area (Å²) in [5.41, 5.74) is 1.07. The highest BCUT2D eigenvalue weighted by atomic mass is 35.5. The highest BCUT2D eigenvalue weighted by Gasteiger charge is 2.37. The molecule has 4 rings (SSSR count). The molecule has 0 atom stereocenters. The molecule has 39 heavy (non-hydrogen) atoms. The van der Waals surface area contributed by atoms with Gasteiger partial charge in [0.2, 0.25) is 0 Å². The number of ether oxygens (including phenoxy) is 2. The van der Waals surface area contributed by atoms with Crippen molar-refractivity contribution < 1.29 is 38.6 Å². The second-order valence-corrected chi connectivity index (χ2v) is 8.92. The fourth-order valence-corrected chi connectivity index (χ4v) is 4.24. The summed E-state index contributed by atoms with van der Waals surface area (Å²) in [5.74, 6) is -3.31. The van der Waals surface area contributed by atoms with Crippen molar-refractivity contribution in [3.8, 4) is 5.75 Å². The van der Waals surface area contributed by atoms with E-state index >= 15 is 0 Å². The molecule has 10 nitrogen and oxygen atoms in total. The number of carboxylic acid groups (broad SMARTS) is 1. The van der Waals surface area contributed by atoms with Gasteiger partial charge in [0.05, 0.1) is 34.0 Å². The van der Waals surface area contributed by atoms with Crippen LogP contribution in [0.5, 0.6) is 5.75 Å². The number of hydrogen-bond acceptors (Lipinski definition) is 7. The van der Waals surface area contributed by atoms with Crippen LogP contribution in [-0.4, -0.2) is 42.0 Å². The molecule has 1 aliphatic heterocycles. The molecular formula is C27H18Cl2N2O8. The van der Waals surface area contributed by atoms with Gasteiger partial charge in [-0.1, -0.05) is 35.3 Å². The third kappa shape index (κ3) is 5.92. The molecule has 4 amide bonds. The molecule has 12 heteroatoms. The first-order valence-corrected chi connectivity index (χ1v) is 11.9. The van der Waals surface area contributed by atoms with E-state index < -0.39 is 29.8 Å². The number of carbonyl (C=O) groups is 5. The molecule has 0 bridgehead atoms. The van der Waals surface area contributed by atoms with E-state index in [0.29, 0.717) is 5.56 Å². The van der Waals surface area contributed by atoms with Gasteiger partial charge in [-0.25, -0.2) is 19.3 Å². The smallest absolute Gasteiger partial charge is 0.337 e. The Kier molecular flexibility index (Phi) is 7.99. The Morgan fingerprint density at radius 2 is 1.54 bits per heavy atom. The van der Waals surface area contributed by atoms with Crippen LogP contribution in [0.4, 0.5) is 10.5 Å². The number of hydrogen-bond donors (Lipinski definition) is 2. The van der Waals surface area contributed by atoms with Crippen molar-refractivity contribution in [3.05, 3.63) is 98.5 Å². The summed E-state index contributed by atoms with van der Waals surface area (Å²) < 4.78 is 10.3. The van der Waals surface area contributed by atoms with Crippen LogP contribution in [0.2, 0.25) is 10.0 Å². The second-order valence-electron chi connectivity index (χ2n) is 8.10. The molecule has 1 saturated heterocycles. The van der Waals surface area contributed by atoms with Gasteiger partial charge in [0.25, 0.3) is 11.8 Å². The number of urea groups is 1. The van der Waals surface area contributed by atoms with Crippen molar-refractivity contribution in [1.29, 1.82) is 0 Å². The molecule has 1 fully saturated rings. The van der Waals surface area contributed by atoms with Gasteiger partial charge in [0, 0.05) is 0 Å². The molecule has 1 aliphatic rings. The third-order valence-corrected chi connectivity index (χ3v) is 6.13. The highest BCUT2D eigenvalue weighted by Crippen LogP contribution is 2.36. The van der Waals surface area contributed by atoms with E-state index in [4.69, 9.17) is 33.0 Å². The fraction of sp³-hybridized carbons (Fsp3) is 0.0741. The SMILES string of the molecule is COC(=O)c1ccc(N2C(=O)NC(=O)/C(=C\c3cc(Cl)c(OCc4ccc(C(=O)O)cc4)c(Cl)c3)C2=O)cc1. The predicted molar refractivity (Wildman–Crippen MR) is 141 cm³/mol. The number of carboxylic acids is 1. The lowest BCUT2D eigenvalue weighted by Gasteiger charge is -2.26. The maximum absolute atomic E-state index is 13.1. The molecule has 0 aliphatic carbocycles. The Bertz CT molecular complexity index is 1510. The molecule has 0 aromatic heterocycles. The number of amides is 4. The van der Waals surface area contributed by atoms with Gasteiger partial charge >= 0.3 is 18.0 Å². The minimum Gasteiger partial charge on any atom is -0.486 e. The maximum atomic E-state index is 13.1. The second kappa shape index (κ2) is 11.4. The summed E-state index contributed by atoms with van der Waals surface area (Å²) in [4.78, 5) is 61.5. The van der Waals surface area contributed by atoms with Crippen LogP contribution in [0.1, 0.15) is 31.8 Å².